The van der Waals surface area contributed by atoms with Gasteiger partial charge in [-0.2, -0.15) is 0 Å². The van der Waals surface area contributed by atoms with Gasteiger partial charge in [0, 0.05) is 12.7 Å². The molecule has 0 aromatic rings. The van der Waals surface area contributed by atoms with E-state index in [0.717, 1.165) is 31.4 Å². The summed E-state index contributed by atoms with van der Waals surface area (Å²) in [6.07, 6.45) is 5.50. The summed E-state index contributed by atoms with van der Waals surface area (Å²) in [5.41, 5.74) is 1.05. The Hall–Kier alpha value is -0.870. The fourth-order valence-electron chi connectivity index (χ4n) is 1.89. The zero-order valence-electron chi connectivity index (χ0n) is 11.6. The van der Waals surface area contributed by atoms with Crippen molar-refractivity contribution in [3.63, 3.8) is 0 Å². The normalized spacial score (nSPS) is 21.1. The Bertz CT molecular complexity index is 278. The lowest BCUT2D eigenvalue weighted by molar-refractivity contribution is -0.161. The second-order valence-electron chi connectivity index (χ2n) is 4.81. The molecule has 4 heteroatoms. The number of hydrogen-bond donors (Lipinski definition) is 0. The van der Waals surface area contributed by atoms with Crippen LogP contribution < -0.4 is 0 Å². The number of esters is 1. The molecule has 104 valence electrons. The van der Waals surface area contributed by atoms with Crippen LogP contribution in [0.2, 0.25) is 0 Å². The maximum atomic E-state index is 11.2. The Morgan fingerprint density at radius 2 is 2.22 bits per heavy atom. The zero-order chi connectivity index (χ0) is 13.4. The summed E-state index contributed by atoms with van der Waals surface area (Å²) < 4.78 is 15.8. The van der Waals surface area contributed by atoms with Crippen molar-refractivity contribution >= 4 is 5.97 Å². The van der Waals surface area contributed by atoms with Crippen LogP contribution in [-0.2, 0) is 19.0 Å². The largest absolute Gasteiger partial charge is 0.466 e. The third-order valence-electron chi connectivity index (χ3n) is 3.08. The third-order valence-corrected chi connectivity index (χ3v) is 3.08. The van der Waals surface area contributed by atoms with Gasteiger partial charge in [0.1, 0.15) is 0 Å². The van der Waals surface area contributed by atoms with Crippen LogP contribution in [0, 0.1) is 5.92 Å². The van der Waals surface area contributed by atoms with Gasteiger partial charge in [-0.05, 0) is 31.6 Å². The van der Waals surface area contributed by atoms with Gasteiger partial charge >= 0.3 is 5.97 Å². The molecule has 1 saturated heterocycles. The van der Waals surface area contributed by atoms with Gasteiger partial charge in [-0.1, -0.05) is 19.4 Å². The van der Waals surface area contributed by atoms with Crippen molar-refractivity contribution in [3.05, 3.63) is 11.6 Å². The lowest BCUT2D eigenvalue weighted by atomic mass is 10.00. The van der Waals surface area contributed by atoms with E-state index in [0.29, 0.717) is 12.5 Å². The van der Waals surface area contributed by atoms with Crippen molar-refractivity contribution < 1.29 is 19.0 Å². The molecule has 0 amide bonds. The molecule has 1 aliphatic rings. The summed E-state index contributed by atoms with van der Waals surface area (Å²) in [5, 5.41) is 0. The minimum Gasteiger partial charge on any atom is -0.466 e. The number of methoxy groups -OCH3 is 1. The van der Waals surface area contributed by atoms with Crippen LogP contribution in [0.5, 0.6) is 0 Å². The molecule has 1 aliphatic heterocycles. The molecule has 0 aliphatic carbocycles. The zero-order valence-corrected chi connectivity index (χ0v) is 11.6. The molecule has 4 nitrogen and oxygen atoms in total. The third kappa shape index (κ3) is 5.65. The average molecular weight is 256 g/mol. The molecule has 1 heterocycles. The van der Waals surface area contributed by atoms with Crippen molar-refractivity contribution in [2.75, 3.05) is 20.3 Å². The van der Waals surface area contributed by atoms with E-state index in [1.807, 2.05) is 0 Å². The summed E-state index contributed by atoms with van der Waals surface area (Å²) in [6, 6.07) is 0. The van der Waals surface area contributed by atoms with Gasteiger partial charge in [-0.25, -0.2) is 4.79 Å². The maximum absolute atomic E-state index is 11.2. The molecule has 1 unspecified atom stereocenters. The molecule has 1 rings (SSSR count). The number of rotatable bonds is 6. The predicted octanol–water partition coefficient (Wildman–Crippen LogP) is 2.68. The Morgan fingerprint density at radius 3 is 2.78 bits per heavy atom. The first-order valence-electron chi connectivity index (χ1n) is 6.65. The van der Waals surface area contributed by atoms with E-state index in [-0.39, 0.29) is 12.3 Å². The Kier molecular flexibility index (Phi) is 6.98. The summed E-state index contributed by atoms with van der Waals surface area (Å²) in [7, 11) is 1.39. The molecule has 1 fully saturated rings. The van der Waals surface area contributed by atoms with Gasteiger partial charge in [0.15, 0.2) is 6.29 Å². The van der Waals surface area contributed by atoms with Gasteiger partial charge in [0.05, 0.1) is 13.7 Å². The van der Waals surface area contributed by atoms with Gasteiger partial charge in [-0.3, -0.25) is 0 Å². The second-order valence-corrected chi connectivity index (χ2v) is 4.81. The van der Waals surface area contributed by atoms with Crippen molar-refractivity contribution in [3.8, 4) is 0 Å². The van der Waals surface area contributed by atoms with Crippen LogP contribution in [0.4, 0.5) is 0 Å². The first-order chi connectivity index (χ1) is 8.63. The van der Waals surface area contributed by atoms with E-state index in [9.17, 15) is 4.79 Å². The monoisotopic (exact) mass is 256 g/mol. The lowest BCUT2D eigenvalue weighted by Crippen LogP contribution is -2.23. The van der Waals surface area contributed by atoms with Gasteiger partial charge in [0.25, 0.3) is 0 Å². The minimum atomic E-state index is -0.299. The molecule has 0 radical (unpaired) electrons. The first-order valence-corrected chi connectivity index (χ1v) is 6.65. The van der Waals surface area contributed by atoms with E-state index in [2.05, 4.69) is 18.6 Å². The highest BCUT2D eigenvalue weighted by atomic mass is 16.7. The molecule has 0 spiro atoms. The fourth-order valence-corrected chi connectivity index (χ4v) is 1.89. The SMILES string of the molecule is COC(=O)/C=C(\CCOC1CCCCO1)C(C)C. The quantitative estimate of drug-likeness (QED) is 0.541. The first kappa shape index (κ1) is 15.2. The Morgan fingerprint density at radius 1 is 1.44 bits per heavy atom. The minimum absolute atomic E-state index is 0.0645. The number of ether oxygens (including phenoxy) is 3. The molecule has 0 aromatic heterocycles. The predicted molar refractivity (Wildman–Crippen MR) is 69.1 cm³/mol. The number of hydrogen-bond acceptors (Lipinski definition) is 4. The lowest BCUT2D eigenvalue weighted by Gasteiger charge is -2.23. The highest BCUT2D eigenvalue weighted by molar-refractivity contribution is 5.82. The molecule has 1 atom stereocenters. The van der Waals surface area contributed by atoms with E-state index in [4.69, 9.17) is 9.47 Å². The van der Waals surface area contributed by atoms with Gasteiger partial charge in [-0.15, -0.1) is 0 Å². The van der Waals surface area contributed by atoms with Crippen molar-refractivity contribution in [1.82, 2.24) is 0 Å². The fraction of sp³-hybridized carbons (Fsp3) is 0.786. The van der Waals surface area contributed by atoms with Crippen LogP contribution in [0.15, 0.2) is 11.6 Å². The number of carbonyl (C=O) groups excluding carboxylic acids is 1. The van der Waals surface area contributed by atoms with Crippen LogP contribution in [0.25, 0.3) is 0 Å². The Balaban J connectivity index is 2.33. The highest BCUT2D eigenvalue weighted by Crippen LogP contribution is 2.17. The topological polar surface area (TPSA) is 44.8 Å². The van der Waals surface area contributed by atoms with E-state index < -0.39 is 0 Å². The molecular weight excluding hydrogens is 232 g/mol. The number of carbonyl (C=O) groups is 1. The van der Waals surface area contributed by atoms with Crippen molar-refractivity contribution in [1.29, 1.82) is 0 Å². The molecule has 0 aromatic carbocycles. The van der Waals surface area contributed by atoms with E-state index >= 15 is 0 Å². The smallest absolute Gasteiger partial charge is 0.330 e. The molecular formula is C14H24O4. The standard InChI is InChI=1S/C14H24O4/c1-11(2)12(10-13(15)16-3)7-9-18-14-6-4-5-8-17-14/h10-11,14H,4-9H2,1-3H3/b12-10+. The molecule has 0 N–H and O–H groups in total. The maximum Gasteiger partial charge on any atom is 0.330 e. The Labute approximate surface area is 109 Å². The summed E-state index contributed by atoms with van der Waals surface area (Å²) in [5.74, 6) is 0.0209. The summed E-state index contributed by atoms with van der Waals surface area (Å²) in [4.78, 5) is 11.2. The van der Waals surface area contributed by atoms with E-state index in [1.165, 1.54) is 13.5 Å². The van der Waals surface area contributed by atoms with E-state index in [1.54, 1.807) is 6.08 Å². The van der Waals surface area contributed by atoms with Crippen LogP contribution >= 0.6 is 0 Å². The van der Waals surface area contributed by atoms with Gasteiger partial charge < -0.3 is 14.2 Å². The van der Waals surface area contributed by atoms with Crippen LogP contribution in [-0.4, -0.2) is 32.6 Å². The molecule has 0 saturated carbocycles. The van der Waals surface area contributed by atoms with Crippen molar-refractivity contribution in [2.24, 2.45) is 5.92 Å². The second kappa shape index (κ2) is 8.27. The molecule has 0 bridgehead atoms. The molecule has 18 heavy (non-hydrogen) atoms. The van der Waals surface area contributed by atoms with Crippen LogP contribution in [0.3, 0.4) is 0 Å². The highest BCUT2D eigenvalue weighted by Gasteiger charge is 2.14. The summed E-state index contributed by atoms with van der Waals surface area (Å²) >= 11 is 0. The average Bonchev–Trinajstić information content (AvgIpc) is 2.38. The van der Waals surface area contributed by atoms with Crippen molar-refractivity contribution in [2.45, 2.75) is 45.8 Å². The summed E-state index contributed by atoms with van der Waals surface area (Å²) in [6.45, 7) is 5.50. The van der Waals surface area contributed by atoms with Gasteiger partial charge in [0.2, 0.25) is 0 Å². The van der Waals surface area contributed by atoms with Crippen LogP contribution in [0.1, 0.15) is 39.5 Å².